The third-order valence-electron chi connectivity index (χ3n) is 5.22. The van der Waals surface area contributed by atoms with Gasteiger partial charge in [0.15, 0.2) is 6.29 Å². The summed E-state index contributed by atoms with van der Waals surface area (Å²) in [7, 11) is 0. The van der Waals surface area contributed by atoms with Crippen LogP contribution >= 0.6 is 0 Å². The molecule has 0 aromatic heterocycles. The largest absolute Gasteiger partial charge is 0.445 e. The van der Waals surface area contributed by atoms with E-state index >= 15 is 0 Å². The number of hydrogen-bond acceptors (Lipinski definition) is 5. The molecule has 2 saturated heterocycles. The van der Waals surface area contributed by atoms with Crippen LogP contribution in [0.1, 0.15) is 32.3 Å². The van der Waals surface area contributed by atoms with Crippen molar-refractivity contribution >= 4 is 12.0 Å². The number of carbonyl (C=O) groups excluding carboxylic acids is 2. The van der Waals surface area contributed by atoms with E-state index in [-0.39, 0.29) is 30.6 Å². The summed E-state index contributed by atoms with van der Waals surface area (Å²) in [6.07, 6.45) is 1.08. The van der Waals surface area contributed by atoms with E-state index in [1.807, 2.05) is 49.1 Å². The number of hydrogen-bond donors (Lipinski definition) is 1. The molecule has 1 unspecified atom stereocenters. The first-order valence-electron chi connectivity index (χ1n) is 10.0. The molecule has 7 heteroatoms. The molecule has 2 aliphatic heterocycles. The summed E-state index contributed by atoms with van der Waals surface area (Å²) < 4.78 is 16.5. The number of carbonyl (C=O) groups is 2. The maximum absolute atomic E-state index is 13.1. The molecule has 1 N–H and O–H groups in total. The summed E-state index contributed by atoms with van der Waals surface area (Å²) in [6.45, 7) is 6.51. The predicted molar refractivity (Wildman–Crippen MR) is 103 cm³/mol. The Morgan fingerprint density at radius 2 is 1.93 bits per heavy atom. The molecule has 0 radical (unpaired) electrons. The van der Waals surface area contributed by atoms with Gasteiger partial charge >= 0.3 is 6.09 Å². The molecule has 2 fully saturated rings. The molecule has 0 spiro atoms. The van der Waals surface area contributed by atoms with Crippen molar-refractivity contribution in [2.45, 2.75) is 45.6 Å². The maximum Gasteiger partial charge on any atom is 0.408 e. The van der Waals surface area contributed by atoms with E-state index in [4.69, 9.17) is 14.2 Å². The van der Waals surface area contributed by atoms with Gasteiger partial charge in [-0.15, -0.1) is 0 Å². The van der Waals surface area contributed by atoms with E-state index in [1.165, 1.54) is 0 Å². The van der Waals surface area contributed by atoms with E-state index in [0.29, 0.717) is 26.3 Å². The Balaban J connectivity index is 1.54. The van der Waals surface area contributed by atoms with Gasteiger partial charge in [0, 0.05) is 19.0 Å². The number of benzene rings is 1. The third-order valence-corrected chi connectivity index (χ3v) is 5.22. The predicted octanol–water partition coefficient (Wildman–Crippen LogP) is 2.55. The molecule has 28 heavy (non-hydrogen) atoms. The molecule has 2 heterocycles. The van der Waals surface area contributed by atoms with Crippen LogP contribution in [0.5, 0.6) is 0 Å². The van der Waals surface area contributed by atoms with E-state index in [1.54, 1.807) is 0 Å². The van der Waals surface area contributed by atoms with E-state index < -0.39 is 12.1 Å². The van der Waals surface area contributed by atoms with Gasteiger partial charge in [-0.05, 0) is 24.3 Å². The Bertz CT molecular complexity index is 645. The molecule has 1 aromatic rings. The van der Waals surface area contributed by atoms with Crippen LogP contribution in [0, 0.1) is 11.8 Å². The smallest absolute Gasteiger partial charge is 0.408 e. The first-order chi connectivity index (χ1) is 13.5. The zero-order chi connectivity index (χ0) is 19.9. The fourth-order valence-electron chi connectivity index (χ4n) is 3.68. The molecule has 1 aromatic carbocycles. The van der Waals surface area contributed by atoms with Crippen LogP contribution < -0.4 is 5.32 Å². The molecule has 154 valence electrons. The van der Waals surface area contributed by atoms with Gasteiger partial charge in [0.1, 0.15) is 12.6 Å². The van der Waals surface area contributed by atoms with E-state index in [9.17, 15) is 9.59 Å². The van der Waals surface area contributed by atoms with Gasteiger partial charge in [0.2, 0.25) is 5.91 Å². The first-order valence-corrected chi connectivity index (χ1v) is 10.0. The van der Waals surface area contributed by atoms with Crippen molar-refractivity contribution in [1.82, 2.24) is 10.2 Å². The van der Waals surface area contributed by atoms with Crippen molar-refractivity contribution in [2.75, 3.05) is 26.3 Å². The van der Waals surface area contributed by atoms with E-state index in [2.05, 4.69) is 5.32 Å². The van der Waals surface area contributed by atoms with Crippen LogP contribution in [-0.2, 0) is 25.6 Å². The van der Waals surface area contributed by atoms with E-state index in [0.717, 1.165) is 18.4 Å². The van der Waals surface area contributed by atoms with Crippen molar-refractivity contribution < 1.29 is 23.8 Å². The summed E-state index contributed by atoms with van der Waals surface area (Å²) in [6, 6.07) is 8.85. The average molecular weight is 390 g/mol. The quantitative estimate of drug-likeness (QED) is 0.808. The molecule has 2 amide bonds. The number of ether oxygens (including phenoxy) is 3. The standard InChI is InChI=1S/C21H30N2O5/c1-15(2)18(22-21(25)28-14-16-7-4-3-5-8-16)19(24)23-10-6-9-17(13-23)20-26-11-12-27-20/h3-5,7-8,15,17-18,20H,6,9-14H2,1-2H3,(H,22,25)/t17?,18-/m0/s1. The van der Waals surface area contributed by atoms with Crippen LogP contribution in [0.4, 0.5) is 4.79 Å². The minimum atomic E-state index is -0.618. The van der Waals surface area contributed by atoms with Crippen molar-refractivity contribution in [3.05, 3.63) is 35.9 Å². The lowest BCUT2D eigenvalue weighted by Crippen LogP contribution is -2.54. The minimum absolute atomic E-state index is 0.0452. The van der Waals surface area contributed by atoms with Gasteiger partial charge in [0.05, 0.1) is 13.2 Å². The van der Waals surface area contributed by atoms with Gasteiger partial charge in [-0.1, -0.05) is 44.2 Å². The number of amides is 2. The second-order valence-electron chi connectivity index (χ2n) is 7.72. The highest BCUT2D eigenvalue weighted by molar-refractivity contribution is 5.86. The monoisotopic (exact) mass is 390 g/mol. The Morgan fingerprint density at radius 1 is 1.21 bits per heavy atom. The van der Waals surface area contributed by atoms with Crippen LogP contribution in [0.25, 0.3) is 0 Å². The summed E-state index contributed by atoms with van der Waals surface area (Å²) in [5.41, 5.74) is 0.903. The van der Waals surface area contributed by atoms with Crippen LogP contribution in [0.15, 0.2) is 30.3 Å². The maximum atomic E-state index is 13.1. The first kappa shape index (κ1) is 20.6. The van der Waals surface area contributed by atoms with Gasteiger partial charge in [-0.2, -0.15) is 0 Å². The Kier molecular flexibility index (Phi) is 7.28. The highest BCUT2D eigenvalue weighted by Crippen LogP contribution is 2.25. The van der Waals surface area contributed by atoms with Gasteiger partial charge in [0.25, 0.3) is 0 Å². The van der Waals surface area contributed by atoms with Gasteiger partial charge in [-0.3, -0.25) is 4.79 Å². The highest BCUT2D eigenvalue weighted by Gasteiger charge is 2.36. The van der Waals surface area contributed by atoms with Crippen molar-refractivity contribution in [3.63, 3.8) is 0 Å². The Labute approximate surface area is 166 Å². The summed E-state index contributed by atoms with van der Waals surface area (Å²) in [4.78, 5) is 27.2. The Hall–Kier alpha value is -2.12. The second kappa shape index (κ2) is 9.89. The average Bonchev–Trinajstić information content (AvgIpc) is 3.25. The SMILES string of the molecule is CC(C)[C@H](NC(=O)OCc1ccccc1)C(=O)N1CCCC(C2OCCO2)C1. The zero-order valence-corrected chi connectivity index (χ0v) is 16.6. The number of likely N-dealkylation sites (tertiary alicyclic amines) is 1. The fourth-order valence-corrected chi connectivity index (χ4v) is 3.68. The molecule has 2 aliphatic rings. The fraction of sp³-hybridized carbons (Fsp3) is 0.619. The van der Waals surface area contributed by atoms with Gasteiger partial charge in [-0.25, -0.2) is 4.79 Å². The van der Waals surface area contributed by atoms with Crippen molar-refractivity contribution in [3.8, 4) is 0 Å². The summed E-state index contributed by atoms with van der Waals surface area (Å²) in [5, 5.41) is 2.75. The number of piperidine rings is 1. The number of rotatable bonds is 6. The zero-order valence-electron chi connectivity index (χ0n) is 16.6. The molecule has 0 saturated carbocycles. The van der Waals surface area contributed by atoms with Crippen molar-refractivity contribution in [1.29, 1.82) is 0 Å². The molecule has 3 rings (SSSR count). The number of alkyl carbamates (subject to hydrolysis) is 1. The van der Waals surface area contributed by atoms with Crippen LogP contribution in [0.3, 0.4) is 0 Å². The normalized spacial score (nSPS) is 21.5. The van der Waals surface area contributed by atoms with Gasteiger partial charge < -0.3 is 24.4 Å². The molecule has 7 nitrogen and oxygen atoms in total. The second-order valence-corrected chi connectivity index (χ2v) is 7.72. The third kappa shape index (κ3) is 5.45. The summed E-state index contributed by atoms with van der Waals surface area (Å²) >= 11 is 0. The van der Waals surface area contributed by atoms with Crippen LogP contribution in [0.2, 0.25) is 0 Å². The molecular weight excluding hydrogens is 360 g/mol. The molecule has 0 aliphatic carbocycles. The highest BCUT2D eigenvalue weighted by atomic mass is 16.7. The van der Waals surface area contributed by atoms with Crippen LogP contribution in [-0.4, -0.2) is 55.5 Å². The Morgan fingerprint density at radius 3 is 2.61 bits per heavy atom. The number of nitrogens with one attached hydrogen (secondary N) is 1. The van der Waals surface area contributed by atoms with Crippen molar-refractivity contribution in [2.24, 2.45) is 11.8 Å². The lowest BCUT2D eigenvalue weighted by atomic mass is 9.95. The molecule has 0 bridgehead atoms. The topological polar surface area (TPSA) is 77.1 Å². The molecule has 2 atom stereocenters. The number of nitrogens with zero attached hydrogens (tertiary/aromatic N) is 1. The molecular formula is C21H30N2O5. The summed E-state index contributed by atoms with van der Waals surface area (Å²) in [5.74, 6) is 0.0588. The lowest BCUT2D eigenvalue weighted by Gasteiger charge is -2.37. The minimum Gasteiger partial charge on any atom is -0.445 e. The lowest BCUT2D eigenvalue weighted by molar-refractivity contribution is -0.142.